The van der Waals surface area contributed by atoms with Crippen molar-refractivity contribution in [1.29, 1.82) is 0 Å². The Morgan fingerprint density at radius 1 is 0.686 bits per heavy atom. The van der Waals surface area contributed by atoms with Gasteiger partial charge in [-0.2, -0.15) is 0 Å². The summed E-state index contributed by atoms with van der Waals surface area (Å²) in [5, 5.41) is 0. The Morgan fingerprint density at radius 2 is 1.43 bits per heavy atom. The Bertz CT molecular complexity index is 1270. The Hall–Kier alpha value is -3.46. The molecule has 0 amide bonds. The Labute approximate surface area is 221 Å². The van der Waals surface area contributed by atoms with E-state index in [1.165, 1.54) is 16.7 Å². The van der Waals surface area contributed by atoms with Crippen LogP contribution in [0.3, 0.4) is 0 Å². The summed E-state index contributed by atoms with van der Waals surface area (Å²) in [6.07, 6.45) is 6.59. The largest absolute Gasteiger partial charge is 0.304 e. The van der Waals surface area contributed by atoms with Gasteiger partial charge in [-0.15, -0.1) is 70.8 Å². The van der Waals surface area contributed by atoms with Crippen molar-refractivity contribution in [3.05, 3.63) is 126 Å². The Kier molecular flexibility index (Phi) is 9.60. The third kappa shape index (κ3) is 7.26. The van der Waals surface area contributed by atoms with Crippen LogP contribution in [0.4, 0.5) is 0 Å². The number of aryl methyl sites for hydroxylation is 3. The summed E-state index contributed by atoms with van der Waals surface area (Å²) < 4.78 is 0. The summed E-state index contributed by atoms with van der Waals surface area (Å²) >= 11 is 0. The molecule has 1 radical (unpaired) electrons. The molecule has 0 aliphatic carbocycles. The molecular weight excluding hydrogens is 607 g/mol. The van der Waals surface area contributed by atoms with E-state index in [4.69, 9.17) is 0 Å². The van der Waals surface area contributed by atoms with Crippen molar-refractivity contribution in [1.82, 2.24) is 15.0 Å². The first-order valence-corrected chi connectivity index (χ1v) is 11.4. The van der Waals surface area contributed by atoms with Crippen LogP contribution in [0.1, 0.15) is 23.6 Å². The van der Waals surface area contributed by atoms with E-state index >= 15 is 0 Å². The van der Waals surface area contributed by atoms with Gasteiger partial charge in [-0.05, 0) is 35.7 Å². The average molecular weight is 634 g/mol. The number of hydrogen-bond donors (Lipinski definition) is 0. The van der Waals surface area contributed by atoms with Gasteiger partial charge in [-0.3, -0.25) is 9.97 Å². The van der Waals surface area contributed by atoms with Gasteiger partial charge in [0.05, 0.1) is 5.82 Å². The molecule has 0 saturated heterocycles. The first kappa shape index (κ1) is 26.1. The molecule has 0 aliphatic rings. The zero-order valence-corrected chi connectivity index (χ0v) is 22.5. The van der Waals surface area contributed by atoms with Crippen molar-refractivity contribution < 1.29 is 20.1 Å². The standard InChI is InChI=1S/C18H15N2.C13H12N.Ir/c1-2-14-12-19-18(20-13-14)17-10-6-9-16(11-17)15-7-4-3-5-8-15;1-10-3-6-12(7-4-10)13-8-5-11(2)9-14-13;/h3-9,11-13H,2H2,1H3;3-6,8-9H,1-2H3;/q2*-1;. The van der Waals surface area contributed by atoms with Crippen molar-refractivity contribution in [3.8, 4) is 33.8 Å². The molecule has 177 valence electrons. The van der Waals surface area contributed by atoms with Crippen LogP contribution in [-0.4, -0.2) is 15.0 Å². The minimum Gasteiger partial charge on any atom is -0.304 e. The average Bonchev–Trinajstić information content (AvgIpc) is 2.91. The minimum atomic E-state index is 0. The van der Waals surface area contributed by atoms with Crippen molar-refractivity contribution in [2.45, 2.75) is 27.2 Å². The second-order valence-electron chi connectivity index (χ2n) is 8.13. The second-order valence-corrected chi connectivity index (χ2v) is 8.13. The first-order valence-electron chi connectivity index (χ1n) is 11.4. The predicted molar refractivity (Wildman–Crippen MR) is 139 cm³/mol. The summed E-state index contributed by atoms with van der Waals surface area (Å²) in [6, 6.07) is 33.0. The Morgan fingerprint density at radius 3 is 2.06 bits per heavy atom. The molecule has 0 bridgehead atoms. The van der Waals surface area contributed by atoms with Crippen LogP contribution in [-0.2, 0) is 26.5 Å². The number of aromatic nitrogens is 3. The normalized spacial score (nSPS) is 10.0. The summed E-state index contributed by atoms with van der Waals surface area (Å²) in [6.45, 7) is 6.19. The molecule has 0 atom stereocenters. The quantitative estimate of drug-likeness (QED) is 0.195. The summed E-state index contributed by atoms with van der Waals surface area (Å²) in [4.78, 5) is 13.2. The van der Waals surface area contributed by atoms with E-state index in [9.17, 15) is 0 Å². The number of nitrogens with zero attached hydrogens (tertiary/aromatic N) is 3. The predicted octanol–water partition coefficient (Wildman–Crippen LogP) is 7.34. The van der Waals surface area contributed by atoms with Gasteiger partial charge in [0, 0.05) is 38.7 Å². The summed E-state index contributed by atoms with van der Waals surface area (Å²) in [5.41, 5.74) is 8.85. The van der Waals surface area contributed by atoms with Crippen LogP contribution in [0.2, 0.25) is 0 Å². The number of hydrogen-bond acceptors (Lipinski definition) is 3. The van der Waals surface area contributed by atoms with Crippen LogP contribution >= 0.6 is 0 Å². The second kappa shape index (κ2) is 12.8. The van der Waals surface area contributed by atoms with Gasteiger partial charge >= 0.3 is 0 Å². The fraction of sp³-hybridized carbons (Fsp3) is 0.129. The van der Waals surface area contributed by atoms with Crippen LogP contribution in [0, 0.1) is 26.0 Å². The molecule has 0 unspecified atom stereocenters. The van der Waals surface area contributed by atoms with Crippen LogP contribution in [0.15, 0.2) is 97.5 Å². The molecule has 0 N–H and O–H groups in total. The molecule has 0 fully saturated rings. The molecule has 3 aromatic carbocycles. The number of benzene rings is 3. The molecule has 0 saturated carbocycles. The number of rotatable bonds is 4. The maximum absolute atomic E-state index is 4.41. The smallest absolute Gasteiger partial charge is 0.0748 e. The van der Waals surface area contributed by atoms with E-state index in [1.54, 1.807) is 0 Å². The zero-order chi connectivity index (χ0) is 23.8. The fourth-order valence-electron chi connectivity index (χ4n) is 3.37. The van der Waals surface area contributed by atoms with Crippen LogP contribution in [0.25, 0.3) is 33.8 Å². The third-order valence-electron chi connectivity index (χ3n) is 5.42. The molecule has 0 aliphatic heterocycles. The fourth-order valence-corrected chi connectivity index (χ4v) is 3.37. The molecule has 35 heavy (non-hydrogen) atoms. The molecule has 4 heteroatoms. The molecule has 3 nitrogen and oxygen atoms in total. The monoisotopic (exact) mass is 634 g/mol. The van der Waals surface area contributed by atoms with Crippen LogP contribution in [0.5, 0.6) is 0 Å². The van der Waals surface area contributed by atoms with E-state index in [1.807, 2.05) is 68.0 Å². The molecular formula is C31H27IrN3-2. The van der Waals surface area contributed by atoms with Gasteiger partial charge in [0.2, 0.25) is 0 Å². The van der Waals surface area contributed by atoms with E-state index in [0.717, 1.165) is 40.2 Å². The van der Waals surface area contributed by atoms with Crippen molar-refractivity contribution in [2.75, 3.05) is 0 Å². The summed E-state index contributed by atoms with van der Waals surface area (Å²) in [5.74, 6) is 0.722. The van der Waals surface area contributed by atoms with E-state index < -0.39 is 0 Å². The first-order chi connectivity index (χ1) is 16.6. The van der Waals surface area contributed by atoms with Gasteiger partial charge in [-0.25, -0.2) is 0 Å². The van der Waals surface area contributed by atoms with Gasteiger partial charge in [0.25, 0.3) is 0 Å². The molecule has 2 aromatic heterocycles. The van der Waals surface area contributed by atoms with Crippen molar-refractivity contribution in [3.63, 3.8) is 0 Å². The van der Waals surface area contributed by atoms with Crippen molar-refractivity contribution in [2.24, 2.45) is 0 Å². The van der Waals surface area contributed by atoms with E-state index in [0.29, 0.717) is 0 Å². The minimum absolute atomic E-state index is 0. The zero-order valence-electron chi connectivity index (χ0n) is 20.1. The molecule has 2 heterocycles. The van der Waals surface area contributed by atoms with Gasteiger partial charge < -0.3 is 4.98 Å². The molecule has 5 aromatic rings. The van der Waals surface area contributed by atoms with E-state index in [-0.39, 0.29) is 20.1 Å². The van der Waals surface area contributed by atoms with E-state index in [2.05, 4.69) is 77.3 Å². The van der Waals surface area contributed by atoms with Gasteiger partial charge in [-0.1, -0.05) is 56.3 Å². The molecule has 0 spiro atoms. The Balaban J connectivity index is 0.000000202. The topological polar surface area (TPSA) is 38.7 Å². The van der Waals surface area contributed by atoms with Crippen LogP contribution < -0.4 is 0 Å². The third-order valence-corrected chi connectivity index (χ3v) is 5.42. The maximum atomic E-state index is 4.41. The summed E-state index contributed by atoms with van der Waals surface area (Å²) in [7, 11) is 0. The number of pyridine rings is 1. The van der Waals surface area contributed by atoms with Crippen molar-refractivity contribution >= 4 is 0 Å². The van der Waals surface area contributed by atoms with Gasteiger partial charge in [0.15, 0.2) is 0 Å². The maximum Gasteiger partial charge on any atom is 0.0748 e. The molecule has 5 rings (SSSR count). The SMILES string of the molecule is CCc1cnc(-c2[c-]ccc(-c3ccccc3)c2)nc1.Cc1c[c-]c(-c2ccc(C)cn2)cc1.[Ir]. The van der Waals surface area contributed by atoms with Gasteiger partial charge in [0.1, 0.15) is 0 Å².